The Kier molecular flexibility index (Phi) is 3.84. The number of imidazole rings is 1. The van der Waals surface area contributed by atoms with Gasteiger partial charge in [-0.1, -0.05) is 22.9 Å². The minimum Gasteiger partial charge on any atom is -0.330 e. The van der Waals surface area contributed by atoms with Gasteiger partial charge < -0.3 is 10.3 Å². The smallest absolute Gasteiger partial charge is 0.112 e. The van der Waals surface area contributed by atoms with E-state index in [1.54, 1.807) is 0 Å². The molecule has 1 aromatic heterocycles. The van der Waals surface area contributed by atoms with Gasteiger partial charge in [0.1, 0.15) is 5.82 Å². The Morgan fingerprint density at radius 2 is 2.24 bits per heavy atom. The van der Waals surface area contributed by atoms with Gasteiger partial charge in [0, 0.05) is 16.9 Å². The highest BCUT2D eigenvalue weighted by Crippen LogP contribution is 2.25. The molecule has 0 amide bonds. The first-order valence-electron chi connectivity index (χ1n) is 6.03. The third kappa shape index (κ3) is 2.38. The molecular formula is C13H18BrN3. The molecule has 0 bridgehead atoms. The van der Waals surface area contributed by atoms with Crippen LogP contribution >= 0.6 is 15.9 Å². The summed E-state index contributed by atoms with van der Waals surface area (Å²) in [6.45, 7) is 6.00. The van der Waals surface area contributed by atoms with E-state index in [1.165, 1.54) is 5.52 Å². The van der Waals surface area contributed by atoms with Crippen LogP contribution < -0.4 is 5.73 Å². The number of hydrogen-bond donors (Lipinski definition) is 1. The Morgan fingerprint density at radius 1 is 1.47 bits per heavy atom. The maximum absolute atomic E-state index is 5.63. The van der Waals surface area contributed by atoms with Crippen LogP contribution in [0.2, 0.25) is 0 Å². The maximum Gasteiger partial charge on any atom is 0.112 e. The minimum atomic E-state index is 0.408. The first-order valence-corrected chi connectivity index (χ1v) is 6.82. The van der Waals surface area contributed by atoms with E-state index in [4.69, 9.17) is 10.7 Å². The van der Waals surface area contributed by atoms with Crippen molar-refractivity contribution >= 4 is 27.0 Å². The molecule has 4 heteroatoms. The van der Waals surface area contributed by atoms with Gasteiger partial charge in [-0.05, 0) is 38.1 Å². The highest BCUT2D eigenvalue weighted by Gasteiger charge is 2.15. The van der Waals surface area contributed by atoms with Crippen LogP contribution in [0, 0.1) is 0 Å². The molecule has 0 radical (unpaired) electrons. The number of nitrogens with zero attached hydrogens (tertiary/aromatic N) is 2. The number of benzene rings is 1. The molecule has 0 aliphatic rings. The number of fused-ring (bicyclic) bond motifs is 1. The topological polar surface area (TPSA) is 43.8 Å². The van der Waals surface area contributed by atoms with Gasteiger partial charge in [0.05, 0.1) is 11.0 Å². The molecule has 1 unspecified atom stereocenters. The SMILES string of the molecule is CCn1c(C(C)CCN)nc2cc(Br)ccc21. The van der Waals surface area contributed by atoms with Gasteiger partial charge in [-0.15, -0.1) is 0 Å². The molecule has 2 N–H and O–H groups in total. The first kappa shape index (κ1) is 12.6. The number of hydrogen-bond acceptors (Lipinski definition) is 2. The second-order valence-corrected chi connectivity index (χ2v) is 5.24. The van der Waals surface area contributed by atoms with Crippen molar-refractivity contribution in [2.24, 2.45) is 5.73 Å². The Bertz CT molecular complexity index is 519. The van der Waals surface area contributed by atoms with Crippen LogP contribution in [0.3, 0.4) is 0 Å². The fraction of sp³-hybridized carbons (Fsp3) is 0.462. The maximum atomic E-state index is 5.63. The van der Waals surface area contributed by atoms with Gasteiger partial charge in [0.15, 0.2) is 0 Å². The summed E-state index contributed by atoms with van der Waals surface area (Å²) >= 11 is 3.49. The van der Waals surface area contributed by atoms with E-state index in [0.29, 0.717) is 12.5 Å². The largest absolute Gasteiger partial charge is 0.330 e. The van der Waals surface area contributed by atoms with Crippen molar-refractivity contribution in [3.8, 4) is 0 Å². The molecule has 2 rings (SSSR count). The van der Waals surface area contributed by atoms with Crippen LogP contribution in [0.1, 0.15) is 32.0 Å². The Morgan fingerprint density at radius 3 is 2.88 bits per heavy atom. The van der Waals surface area contributed by atoms with Gasteiger partial charge in [-0.3, -0.25) is 0 Å². The number of aryl methyl sites for hydroxylation is 1. The normalized spacial score (nSPS) is 13.2. The van der Waals surface area contributed by atoms with Crippen molar-refractivity contribution in [2.45, 2.75) is 32.7 Å². The summed E-state index contributed by atoms with van der Waals surface area (Å²) in [5.41, 5.74) is 7.89. The summed E-state index contributed by atoms with van der Waals surface area (Å²) in [6, 6.07) is 6.25. The van der Waals surface area contributed by atoms with E-state index < -0.39 is 0 Å². The summed E-state index contributed by atoms with van der Waals surface area (Å²) in [5, 5.41) is 0. The second-order valence-electron chi connectivity index (χ2n) is 4.33. The van der Waals surface area contributed by atoms with E-state index in [0.717, 1.165) is 28.8 Å². The summed E-state index contributed by atoms with van der Waals surface area (Å²) in [6.07, 6.45) is 0.977. The summed E-state index contributed by atoms with van der Waals surface area (Å²) < 4.78 is 3.35. The van der Waals surface area contributed by atoms with Gasteiger partial charge in [-0.25, -0.2) is 4.98 Å². The van der Waals surface area contributed by atoms with Gasteiger partial charge in [-0.2, -0.15) is 0 Å². The molecule has 1 atom stereocenters. The van der Waals surface area contributed by atoms with Crippen LogP contribution in [0.15, 0.2) is 22.7 Å². The molecule has 17 heavy (non-hydrogen) atoms. The van der Waals surface area contributed by atoms with Gasteiger partial charge >= 0.3 is 0 Å². The molecule has 2 aromatic rings. The second kappa shape index (κ2) is 5.19. The van der Waals surface area contributed by atoms with Gasteiger partial charge in [0.25, 0.3) is 0 Å². The lowest BCUT2D eigenvalue weighted by molar-refractivity contribution is 0.599. The highest BCUT2D eigenvalue weighted by molar-refractivity contribution is 9.10. The Balaban J connectivity index is 2.55. The summed E-state index contributed by atoms with van der Waals surface area (Å²) in [4.78, 5) is 4.74. The predicted molar refractivity (Wildman–Crippen MR) is 75.2 cm³/mol. The van der Waals surface area contributed by atoms with Crippen molar-refractivity contribution in [2.75, 3.05) is 6.54 Å². The molecule has 0 saturated carbocycles. The van der Waals surface area contributed by atoms with E-state index in [9.17, 15) is 0 Å². The minimum absolute atomic E-state index is 0.408. The average Bonchev–Trinajstić information content (AvgIpc) is 2.66. The molecule has 0 fully saturated rings. The molecular weight excluding hydrogens is 278 g/mol. The van der Waals surface area contributed by atoms with Gasteiger partial charge in [0.2, 0.25) is 0 Å². The predicted octanol–water partition coefficient (Wildman–Crippen LogP) is 3.27. The van der Waals surface area contributed by atoms with Crippen molar-refractivity contribution < 1.29 is 0 Å². The zero-order chi connectivity index (χ0) is 12.4. The number of rotatable bonds is 4. The molecule has 1 aromatic carbocycles. The molecule has 3 nitrogen and oxygen atoms in total. The van der Waals surface area contributed by atoms with Crippen LogP contribution in [-0.4, -0.2) is 16.1 Å². The zero-order valence-corrected chi connectivity index (χ0v) is 11.9. The Labute approximate surface area is 110 Å². The fourth-order valence-electron chi connectivity index (χ4n) is 2.21. The lowest BCUT2D eigenvalue weighted by atomic mass is 10.1. The van der Waals surface area contributed by atoms with Crippen LogP contribution in [0.4, 0.5) is 0 Å². The third-order valence-electron chi connectivity index (χ3n) is 3.10. The van der Waals surface area contributed by atoms with Crippen LogP contribution in [0.5, 0.6) is 0 Å². The molecule has 92 valence electrons. The van der Waals surface area contributed by atoms with E-state index in [2.05, 4.69) is 52.5 Å². The van der Waals surface area contributed by atoms with Crippen LogP contribution in [0.25, 0.3) is 11.0 Å². The van der Waals surface area contributed by atoms with Crippen molar-refractivity contribution in [3.63, 3.8) is 0 Å². The molecule has 0 spiro atoms. The monoisotopic (exact) mass is 295 g/mol. The molecule has 0 aliphatic carbocycles. The number of nitrogens with two attached hydrogens (primary N) is 1. The summed E-state index contributed by atoms with van der Waals surface area (Å²) in [5.74, 6) is 1.55. The van der Waals surface area contributed by atoms with Crippen molar-refractivity contribution in [1.82, 2.24) is 9.55 Å². The molecule has 0 aliphatic heterocycles. The number of aromatic nitrogens is 2. The van der Waals surface area contributed by atoms with E-state index >= 15 is 0 Å². The fourth-order valence-corrected chi connectivity index (χ4v) is 2.56. The zero-order valence-electron chi connectivity index (χ0n) is 10.3. The lowest BCUT2D eigenvalue weighted by Gasteiger charge is -2.12. The van der Waals surface area contributed by atoms with Crippen molar-refractivity contribution in [1.29, 1.82) is 0 Å². The lowest BCUT2D eigenvalue weighted by Crippen LogP contribution is -2.10. The van der Waals surface area contributed by atoms with E-state index in [-0.39, 0.29) is 0 Å². The summed E-state index contributed by atoms with van der Waals surface area (Å²) in [7, 11) is 0. The van der Waals surface area contributed by atoms with E-state index in [1.807, 2.05) is 0 Å². The standard InChI is InChI=1S/C13H18BrN3/c1-3-17-12-5-4-10(14)8-11(12)16-13(17)9(2)6-7-15/h4-5,8-9H,3,6-7,15H2,1-2H3. The first-order chi connectivity index (χ1) is 8.17. The quantitative estimate of drug-likeness (QED) is 0.941. The highest BCUT2D eigenvalue weighted by atomic mass is 79.9. The molecule has 0 saturated heterocycles. The third-order valence-corrected chi connectivity index (χ3v) is 3.59. The number of halogens is 1. The van der Waals surface area contributed by atoms with Crippen LogP contribution in [-0.2, 0) is 6.54 Å². The average molecular weight is 296 g/mol. The Hall–Kier alpha value is -0.870. The molecule has 1 heterocycles. The van der Waals surface area contributed by atoms with Crippen molar-refractivity contribution in [3.05, 3.63) is 28.5 Å².